The molecule has 0 radical (unpaired) electrons. The minimum absolute atomic E-state index is 0.0449. The maximum Gasteiger partial charge on any atom is 0.254 e. The van der Waals surface area contributed by atoms with Crippen molar-refractivity contribution >= 4 is 17.4 Å². The van der Waals surface area contributed by atoms with Crippen molar-refractivity contribution in [1.82, 2.24) is 14.5 Å². The lowest BCUT2D eigenvalue weighted by Crippen LogP contribution is -2.31. The van der Waals surface area contributed by atoms with Crippen molar-refractivity contribution in [2.24, 2.45) is 0 Å². The third kappa shape index (κ3) is 5.91. The Kier molecular flexibility index (Phi) is 7.77. The van der Waals surface area contributed by atoms with E-state index < -0.39 is 0 Å². The molecule has 1 aromatic carbocycles. The normalized spacial score (nSPS) is 16.0. The molecule has 1 unspecified atom stereocenters. The summed E-state index contributed by atoms with van der Waals surface area (Å²) in [7, 11) is 0. The third-order valence-corrected chi connectivity index (χ3v) is 6.37. The zero-order valence-corrected chi connectivity index (χ0v) is 19.9. The Balaban J connectivity index is 1.38. The van der Waals surface area contributed by atoms with Gasteiger partial charge in [0, 0.05) is 36.6 Å². The number of carbonyl (C=O) groups is 1. The first kappa shape index (κ1) is 24.1. The first-order chi connectivity index (χ1) is 16.4. The van der Waals surface area contributed by atoms with E-state index in [9.17, 15) is 14.7 Å². The summed E-state index contributed by atoms with van der Waals surface area (Å²) in [4.78, 5) is 31.9. The smallest absolute Gasteiger partial charge is 0.254 e. The molecule has 8 heteroatoms. The lowest BCUT2D eigenvalue weighted by Gasteiger charge is -2.23. The van der Waals surface area contributed by atoms with Gasteiger partial charge in [-0.1, -0.05) is 29.8 Å². The number of aliphatic hydroxyl groups excluding tert-OH is 1. The molecule has 1 fully saturated rings. The highest BCUT2D eigenvalue weighted by Crippen LogP contribution is 2.21. The molecule has 1 N–H and O–H groups in total. The summed E-state index contributed by atoms with van der Waals surface area (Å²) in [6.07, 6.45) is 5.22. The quantitative estimate of drug-likeness (QED) is 0.470. The van der Waals surface area contributed by atoms with Crippen molar-refractivity contribution in [2.45, 2.75) is 45.5 Å². The molecule has 34 heavy (non-hydrogen) atoms. The van der Waals surface area contributed by atoms with Gasteiger partial charge in [-0.05, 0) is 55.6 Å². The number of halogens is 1. The predicted octanol–water partition coefficient (Wildman–Crippen LogP) is 3.62. The number of aryl methyl sites for hydroxylation is 1. The van der Waals surface area contributed by atoms with Gasteiger partial charge in [-0.25, -0.2) is 0 Å². The highest BCUT2D eigenvalue weighted by atomic mass is 35.5. The number of ether oxygens (including phenoxy) is 1. The van der Waals surface area contributed by atoms with Crippen LogP contribution in [0, 0.1) is 6.92 Å². The number of hydrogen-bond donors (Lipinski definition) is 1. The molecule has 178 valence electrons. The summed E-state index contributed by atoms with van der Waals surface area (Å²) in [5.74, 6) is 0.286. The Morgan fingerprint density at radius 1 is 1.24 bits per heavy atom. The van der Waals surface area contributed by atoms with Crippen LogP contribution in [-0.2, 0) is 19.7 Å². The molecule has 7 nitrogen and oxygen atoms in total. The first-order valence-corrected chi connectivity index (χ1v) is 11.7. The zero-order chi connectivity index (χ0) is 24.1. The highest BCUT2D eigenvalue weighted by molar-refractivity contribution is 6.30. The topological polar surface area (TPSA) is 84.7 Å². The molecule has 1 aliphatic heterocycles. The molecule has 1 saturated heterocycles. The van der Waals surface area contributed by atoms with Gasteiger partial charge in [-0.15, -0.1) is 0 Å². The number of likely N-dealkylation sites (tertiary alicyclic amines) is 1. The van der Waals surface area contributed by atoms with Crippen LogP contribution in [0.3, 0.4) is 0 Å². The number of Topliss-reactive ketones (excluding diaryl/α,β-unsaturated/α-hetero) is 1. The summed E-state index contributed by atoms with van der Waals surface area (Å²) in [5, 5.41) is 10.1. The van der Waals surface area contributed by atoms with Gasteiger partial charge in [0.15, 0.2) is 5.78 Å². The number of pyridine rings is 2. The van der Waals surface area contributed by atoms with Gasteiger partial charge in [0.2, 0.25) is 0 Å². The van der Waals surface area contributed by atoms with E-state index in [1.165, 1.54) is 16.8 Å². The Bertz CT molecular complexity index is 1210. The lowest BCUT2D eigenvalue weighted by molar-refractivity contribution is 0.0970. The van der Waals surface area contributed by atoms with E-state index in [1.54, 1.807) is 24.4 Å². The summed E-state index contributed by atoms with van der Waals surface area (Å²) >= 11 is 5.83. The monoisotopic (exact) mass is 481 g/mol. The summed E-state index contributed by atoms with van der Waals surface area (Å²) in [6.45, 7) is 3.98. The second kappa shape index (κ2) is 11.0. The Hall–Kier alpha value is -3.00. The molecule has 1 atom stereocenters. The van der Waals surface area contributed by atoms with Gasteiger partial charge < -0.3 is 14.4 Å². The van der Waals surface area contributed by atoms with Gasteiger partial charge in [0.25, 0.3) is 5.56 Å². The van der Waals surface area contributed by atoms with Crippen LogP contribution in [0.4, 0.5) is 0 Å². The van der Waals surface area contributed by atoms with Crippen molar-refractivity contribution in [3.63, 3.8) is 0 Å². The first-order valence-electron chi connectivity index (χ1n) is 11.3. The van der Waals surface area contributed by atoms with E-state index in [2.05, 4.69) is 9.88 Å². The van der Waals surface area contributed by atoms with Crippen molar-refractivity contribution in [2.75, 3.05) is 13.2 Å². The zero-order valence-electron chi connectivity index (χ0n) is 19.1. The van der Waals surface area contributed by atoms with Crippen molar-refractivity contribution in [3.05, 3.63) is 92.6 Å². The number of ketones is 1. The van der Waals surface area contributed by atoms with E-state index in [1.807, 2.05) is 25.1 Å². The second-order valence-electron chi connectivity index (χ2n) is 8.61. The molecule has 2 aromatic heterocycles. The molecular weight excluding hydrogens is 454 g/mol. The van der Waals surface area contributed by atoms with Gasteiger partial charge in [-0.2, -0.15) is 0 Å². The number of hydrogen-bond acceptors (Lipinski definition) is 6. The third-order valence-electron chi connectivity index (χ3n) is 6.14. The SMILES string of the molecule is Cc1cc(CN2CCCC2CO)ccc1C(=O)Cn1ccc(OCc2ccc(Cl)cn2)cc1=O. The van der Waals surface area contributed by atoms with Crippen molar-refractivity contribution in [3.8, 4) is 5.75 Å². The maximum atomic E-state index is 12.9. The summed E-state index contributed by atoms with van der Waals surface area (Å²) in [5.41, 5.74) is 2.98. The van der Waals surface area contributed by atoms with Crippen LogP contribution in [0.5, 0.6) is 5.75 Å². The molecule has 0 saturated carbocycles. The maximum absolute atomic E-state index is 12.9. The molecule has 0 bridgehead atoms. The van der Waals surface area contributed by atoms with Crippen LogP contribution in [0.15, 0.2) is 59.7 Å². The molecule has 0 spiro atoms. The molecule has 3 heterocycles. The van der Waals surface area contributed by atoms with Gasteiger partial charge in [-0.3, -0.25) is 19.5 Å². The number of rotatable bonds is 9. The fourth-order valence-corrected chi connectivity index (χ4v) is 4.39. The van der Waals surface area contributed by atoms with Crippen LogP contribution in [0.1, 0.15) is 40.0 Å². The summed E-state index contributed by atoms with van der Waals surface area (Å²) < 4.78 is 7.01. The largest absolute Gasteiger partial charge is 0.487 e. The number of carbonyl (C=O) groups excluding carboxylic acids is 1. The molecule has 1 aliphatic rings. The van der Waals surface area contributed by atoms with Gasteiger partial charge >= 0.3 is 0 Å². The fraction of sp³-hybridized carbons (Fsp3) is 0.346. The highest BCUT2D eigenvalue weighted by Gasteiger charge is 2.23. The molecule has 4 rings (SSSR count). The standard InChI is InChI=1S/C26H28ClN3O4/c1-18-11-19(14-29-9-2-3-22(29)16-31)4-7-24(18)25(32)15-30-10-8-23(12-26(30)33)34-17-21-6-5-20(27)13-28-21/h4-8,10-13,22,31H,2-3,9,14-17H2,1H3. The number of benzene rings is 1. The average Bonchev–Trinajstić information content (AvgIpc) is 3.27. The molecule has 0 amide bonds. The second-order valence-corrected chi connectivity index (χ2v) is 9.04. The van der Waals surface area contributed by atoms with Crippen molar-refractivity contribution < 1.29 is 14.6 Å². The van der Waals surface area contributed by atoms with E-state index in [-0.39, 0.29) is 37.1 Å². The van der Waals surface area contributed by atoms with Crippen LogP contribution < -0.4 is 10.3 Å². The minimum Gasteiger partial charge on any atom is -0.487 e. The van der Waals surface area contributed by atoms with Crippen LogP contribution in [0.2, 0.25) is 5.02 Å². The Morgan fingerprint density at radius 2 is 2.09 bits per heavy atom. The van der Waals surface area contributed by atoms with E-state index in [4.69, 9.17) is 16.3 Å². The Labute approximate surface area is 203 Å². The Morgan fingerprint density at radius 3 is 2.79 bits per heavy atom. The minimum atomic E-state index is -0.312. The van der Waals surface area contributed by atoms with Crippen LogP contribution >= 0.6 is 11.6 Å². The average molecular weight is 482 g/mol. The number of aromatic nitrogens is 2. The molecular formula is C26H28ClN3O4. The number of aliphatic hydroxyl groups is 1. The molecule has 3 aromatic rings. The van der Waals surface area contributed by atoms with E-state index in [0.29, 0.717) is 22.0 Å². The fourth-order valence-electron chi connectivity index (χ4n) is 4.28. The molecule has 0 aliphatic carbocycles. The van der Waals surface area contributed by atoms with Crippen LogP contribution in [-0.4, -0.2) is 44.5 Å². The number of nitrogens with zero attached hydrogens (tertiary/aromatic N) is 3. The summed E-state index contributed by atoms with van der Waals surface area (Å²) in [6, 6.07) is 12.5. The van der Waals surface area contributed by atoms with Gasteiger partial charge in [0.1, 0.15) is 12.4 Å². The van der Waals surface area contributed by atoms with E-state index >= 15 is 0 Å². The van der Waals surface area contributed by atoms with Crippen molar-refractivity contribution in [1.29, 1.82) is 0 Å². The van der Waals surface area contributed by atoms with E-state index in [0.717, 1.165) is 37.1 Å². The van der Waals surface area contributed by atoms with Gasteiger partial charge in [0.05, 0.1) is 23.9 Å². The lowest BCUT2D eigenvalue weighted by atomic mass is 10.0. The van der Waals surface area contributed by atoms with Crippen LogP contribution in [0.25, 0.3) is 0 Å². The predicted molar refractivity (Wildman–Crippen MR) is 130 cm³/mol.